The van der Waals surface area contributed by atoms with E-state index in [4.69, 9.17) is 0 Å². The monoisotopic (exact) mass is 490 g/mol. The first-order valence-corrected chi connectivity index (χ1v) is 12.2. The Balaban J connectivity index is 1.21. The molecule has 35 heavy (non-hydrogen) atoms. The second-order valence-electron chi connectivity index (χ2n) is 8.35. The summed E-state index contributed by atoms with van der Waals surface area (Å²) in [7, 11) is 0. The largest absolute Gasteiger partial charge is 0.339 e. The molecule has 2 aromatic carbocycles. The van der Waals surface area contributed by atoms with Gasteiger partial charge in [-0.3, -0.25) is 9.69 Å². The minimum Gasteiger partial charge on any atom is -0.339 e. The molecule has 1 saturated heterocycles. The third-order valence-electron chi connectivity index (χ3n) is 5.97. The molecule has 1 N–H and O–H groups in total. The highest BCUT2D eigenvalue weighted by atomic mass is 32.1. The highest BCUT2D eigenvalue weighted by molar-refractivity contribution is 7.15. The number of carbonyl (C=O) groups excluding carboxylic acids is 1. The van der Waals surface area contributed by atoms with Gasteiger partial charge in [0.2, 0.25) is 0 Å². The molecular weight excluding hydrogens is 466 g/mol. The summed E-state index contributed by atoms with van der Waals surface area (Å²) < 4.78 is 27.7. The number of hydrogen-bond donors (Lipinski definition) is 1. The van der Waals surface area contributed by atoms with Gasteiger partial charge in [0.05, 0.1) is 5.56 Å². The van der Waals surface area contributed by atoms with Gasteiger partial charge in [0.1, 0.15) is 17.5 Å². The Labute approximate surface area is 206 Å². The van der Waals surface area contributed by atoms with Crippen LogP contribution < -0.4 is 5.32 Å². The lowest BCUT2D eigenvalue weighted by molar-refractivity contribution is 0.0630. The van der Waals surface area contributed by atoms with Crippen LogP contribution in [0.2, 0.25) is 0 Å². The molecule has 8 heteroatoms. The molecule has 5 rings (SSSR count). The number of pyridine rings is 1. The number of piperazine rings is 1. The van der Waals surface area contributed by atoms with E-state index in [0.717, 1.165) is 29.4 Å². The van der Waals surface area contributed by atoms with E-state index in [9.17, 15) is 13.6 Å². The second-order valence-corrected chi connectivity index (χ2v) is 9.52. The molecule has 0 atom stereocenters. The second kappa shape index (κ2) is 10.3. The van der Waals surface area contributed by atoms with Gasteiger partial charge in [0.15, 0.2) is 0 Å². The van der Waals surface area contributed by atoms with E-state index in [1.807, 2.05) is 23.1 Å². The van der Waals surface area contributed by atoms with Crippen LogP contribution in [0.4, 0.5) is 20.3 Å². The van der Waals surface area contributed by atoms with E-state index in [2.05, 4.69) is 15.2 Å². The number of amides is 1. The highest BCUT2D eigenvalue weighted by Gasteiger charge is 2.25. The summed E-state index contributed by atoms with van der Waals surface area (Å²) in [6.07, 6.45) is 1.60. The van der Waals surface area contributed by atoms with Crippen molar-refractivity contribution in [3.05, 3.63) is 101 Å². The molecule has 0 radical (unpaired) electrons. The van der Waals surface area contributed by atoms with E-state index < -0.39 is 0 Å². The Hall–Kier alpha value is -3.62. The Kier molecular flexibility index (Phi) is 6.83. The summed E-state index contributed by atoms with van der Waals surface area (Å²) in [6, 6.07) is 20.4. The molecular formula is C27H24F2N4OS. The third-order valence-corrected chi connectivity index (χ3v) is 7.07. The summed E-state index contributed by atoms with van der Waals surface area (Å²) in [6.45, 7) is 3.44. The van der Waals surface area contributed by atoms with E-state index in [0.29, 0.717) is 35.7 Å². The first kappa shape index (κ1) is 23.1. The van der Waals surface area contributed by atoms with Crippen LogP contribution >= 0.6 is 11.3 Å². The van der Waals surface area contributed by atoms with Gasteiger partial charge < -0.3 is 10.2 Å². The molecule has 0 bridgehead atoms. The predicted molar refractivity (Wildman–Crippen MR) is 135 cm³/mol. The van der Waals surface area contributed by atoms with Crippen molar-refractivity contribution in [3.8, 4) is 10.4 Å². The van der Waals surface area contributed by atoms with E-state index in [1.165, 1.54) is 18.2 Å². The maximum atomic E-state index is 14.1. The highest BCUT2D eigenvalue weighted by Crippen LogP contribution is 2.31. The summed E-state index contributed by atoms with van der Waals surface area (Å²) in [5.41, 5.74) is 1.62. The zero-order valence-electron chi connectivity index (χ0n) is 19.0. The van der Waals surface area contributed by atoms with Crippen molar-refractivity contribution in [1.82, 2.24) is 14.8 Å². The maximum absolute atomic E-state index is 14.1. The van der Waals surface area contributed by atoms with Gasteiger partial charge in [0, 0.05) is 59.9 Å². The summed E-state index contributed by atoms with van der Waals surface area (Å²) >= 11 is 1.60. The Bertz CT molecular complexity index is 1330. The van der Waals surface area contributed by atoms with Crippen LogP contribution in [0.1, 0.15) is 15.2 Å². The summed E-state index contributed by atoms with van der Waals surface area (Å²) in [4.78, 5) is 23.8. The SMILES string of the molecule is O=C(c1cccnc1Nc1cccc(F)c1)N1CCN(Cc2ccc(-c3ccccc3F)s2)CC1. The van der Waals surface area contributed by atoms with E-state index in [1.54, 1.807) is 53.9 Å². The van der Waals surface area contributed by atoms with Gasteiger partial charge in [-0.25, -0.2) is 13.8 Å². The van der Waals surface area contributed by atoms with Gasteiger partial charge in [-0.05, 0) is 48.5 Å². The molecule has 1 aliphatic heterocycles. The maximum Gasteiger partial charge on any atom is 0.257 e. The minimum absolute atomic E-state index is 0.102. The summed E-state index contributed by atoms with van der Waals surface area (Å²) in [5.74, 6) is -0.268. The van der Waals surface area contributed by atoms with E-state index in [-0.39, 0.29) is 17.5 Å². The van der Waals surface area contributed by atoms with Crippen LogP contribution in [0, 0.1) is 11.6 Å². The zero-order chi connectivity index (χ0) is 24.2. The van der Waals surface area contributed by atoms with Crippen LogP contribution in [-0.2, 0) is 6.54 Å². The van der Waals surface area contributed by atoms with Crippen molar-refractivity contribution in [2.45, 2.75) is 6.54 Å². The molecule has 178 valence electrons. The van der Waals surface area contributed by atoms with Crippen molar-refractivity contribution < 1.29 is 13.6 Å². The topological polar surface area (TPSA) is 48.5 Å². The number of hydrogen-bond acceptors (Lipinski definition) is 5. The number of carbonyl (C=O) groups is 1. The smallest absolute Gasteiger partial charge is 0.257 e. The molecule has 3 heterocycles. The number of anilines is 2. The fraction of sp³-hybridized carbons (Fsp3) is 0.185. The lowest BCUT2D eigenvalue weighted by Crippen LogP contribution is -2.48. The van der Waals surface area contributed by atoms with Crippen molar-refractivity contribution in [2.24, 2.45) is 0 Å². The predicted octanol–water partition coefficient (Wildman–Crippen LogP) is 5.79. The molecule has 1 amide bonds. The molecule has 0 spiro atoms. The number of aromatic nitrogens is 1. The first-order valence-electron chi connectivity index (χ1n) is 11.4. The number of rotatable bonds is 6. The van der Waals surface area contributed by atoms with Crippen molar-refractivity contribution in [2.75, 3.05) is 31.5 Å². The number of thiophene rings is 1. The fourth-order valence-corrected chi connectivity index (χ4v) is 5.23. The van der Waals surface area contributed by atoms with Gasteiger partial charge in [-0.1, -0.05) is 24.3 Å². The number of nitrogens with one attached hydrogen (secondary N) is 1. The molecule has 0 unspecified atom stereocenters. The van der Waals surface area contributed by atoms with Crippen molar-refractivity contribution >= 4 is 28.7 Å². The van der Waals surface area contributed by atoms with E-state index >= 15 is 0 Å². The molecule has 1 aliphatic rings. The third kappa shape index (κ3) is 5.39. The van der Waals surface area contributed by atoms with Crippen LogP contribution in [0.5, 0.6) is 0 Å². The normalized spacial score (nSPS) is 14.2. The van der Waals surface area contributed by atoms with Crippen molar-refractivity contribution in [1.29, 1.82) is 0 Å². The summed E-state index contributed by atoms with van der Waals surface area (Å²) in [5, 5.41) is 3.06. The van der Waals surface area contributed by atoms with Gasteiger partial charge in [-0.15, -0.1) is 11.3 Å². The van der Waals surface area contributed by atoms with Gasteiger partial charge >= 0.3 is 0 Å². The standard InChI is InChI=1S/C27H24F2N4OS/c28-19-5-3-6-20(17-19)31-26-23(8-4-12-30-26)27(34)33-15-13-32(14-16-33)18-21-10-11-25(35-21)22-7-1-2-9-24(22)29/h1-12,17H,13-16,18H2,(H,30,31). The number of nitrogens with zero attached hydrogens (tertiary/aromatic N) is 3. The molecule has 0 aliphatic carbocycles. The Morgan fingerprint density at radius 1 is 0.943 bits per heavy atom. The van der Waals surface area contributed by atoms with Crippen LogP contribution in [-0.4, -0.2) is 46.9 Å². The number of halogens is 2. The fourth-order valence-electron chi connectivity index (χ4n) is 4.15. The molecule has 0 saturated carbocycles. The Morgan fingerprint density at radius 2 is 1.77 bits per heavy atom. The minimum atomic E-state index is -0.360. The molecule has 5 nitrogen and oxygen atoms in total. The van der Waals surface area contributed by atoms with Crippen molar-refractivity contribution in [3.63, 3.8) is 0 Å². The van der Waals surface area contributed by atoms with Crippen LogP contribution in [0.3, 0.4) is 0 Å². The molecule has 1 fully saturated rings. The zero-order valence-corrected chi connectivity index (χ0v) is 19.8. The molecule has 2 aromatic heterocycles. The number of benzene rings is 2. The average Bonchev–Trinajstić information content (AvgIpc) is 3.33. The lowest BCUT2D eigenvalue weighted by Gasteiger charge is -2.34. The van der Waals surface area contributed by atoms with Crippen LogP contribution in [0.15, 0.2) is 79.0 Å². The lowest BCUT2D eigenvalue weighted by atomic mass is 10.2. The van der Waals surface area contributed by atoms with Gasteiger partial charge in [0.25, 0.3) is 5.91 Å². The Morgan fingerprint density at radius 3 is 2.57 bits per heavy atom. The first-order chi connectivity index (χ1) is 17.1. The average molecular weight is 491 g/mol. The molecule has 4 aromatic rings. The van der Waals surface area contributed by atoms with Gasteiger partial charge in [-0.2, -0.15) is 0 Å². The quantitative estimate of drug-likeness (QED) is 0.372. The van der Waals surface area contributed by atoms with Crippen LogP contribution in [0.25, 0.3) is 10.4 Å².